The fourth-order valence-electron chi connectivity index (χ4n) is 1.87. The van der Waals surface area contributed by atoms with Crippen molar-refractivity contribution in [3.05, 3.63) is 12.2 Å². The molecule has 6 heteroatoms. The molecule has 0 radical (unpaired) electrons. The van der Waals surface area contributed by atoms with E-state index in [9.17, 15) is 0 Å². The fraction of sp³-hybridized carbons (Fsp3) is 0.700. The molecule has 0 aromatic carbocycles. The molecule has 0 unspecified atom stereocenters. The van der Waals surface area contributed by atoms with Crippen molar-refractivity contribution in [3.8, 4) is 6.07 Å². The summed E-state index contributed by atoms with van der Waals surface area (Å²) in [6, 6.07) is 2.19. The van der Waals surface area contributed by atoms with E-state index in [2.05, 4.69) is 26.0 Å². The predicted octanol–water partition coefficient (Wildman–Crippen LogP) is -0.544. The third-order valence-electron chi connectivity index (χ3n) is 2.93. The average molecular weight is 220 g/mol. The van der Waals surface area contributed by atoms with E-state index in [4.69, 9.17) is 5.26 Å². The Kier molecular flexibility index (Phi) is 3.49. The molecule has 1 fully saturated rings. The van der Waals surface area contributed by atoms with Gasteiger partial charge in [-0.25, -0.2) is 4.98 Å². The van der Waals surface area contributed by atoms with Gasteiger partial charge in [-0.1, -0.05) is 0 Å². The summed E-state index contributed by atoms with van der Waals surface area (Å²) in [6.45, 7) is 5.30. The zero-order valence-corrected chi connectivity index (χ0v) is 9.50. The minimum absolute atomic E-state index is 0.539. The van der Waals surface area contributed by atoms with Crippen LogP contribution in [0.4, 0.5) is 0 Å². The van der Waals surface area contributed by atoms with Gasteiger partial charge in [0, 0.05) is 33.2 Å². The van der Waals surface area contributed by atoms with Gasteiger partial charge in [-0.2, -0.15) is 10.4 Å². The normalized spacial score (nSPS) is 18.5. The second kappa shape index (κ2) is 5.05. The number of rotatable bonds is 3. The van der Waals surface area contributed by atoms with E-state index in [1.54, 1.807) is 6.33 Å². The number of piperazine rings is 1. The summed E-state index contributed by atoms with van der Waals surface area (Å²) in [5, 5.41) is 12.7. The van der Waals surface area contributed by atoms with Crippen molar-refractivity contribution in [3.63, 3.8) is 0 Å². The van der Waals surface area contributed by atoms with Gasteiger partial charge in [0.15, 0.2) is 0 Å². The number of nitriles is 1. The predicted molar refractivity (Wildman–Crippen MR) is 58.3 cm³/mol. The van der Waals surface area contributed by atoms with E-state index < -0.39 is 0 Å². The zero-order valence-electron chi connectivity index (χ0n) is 9.50. The first-order chi connectivity index (χ1) is 7.79. The first-order valence-corrected chi connectivity index (χ1v) is 5.44. The summed E-state index contributed by atoms with van der Waals surface area (Å²) in [5.74, 6) is 0.994. The van der Waals surface area contributed by atoms with E-state index in [-0.39, 0.29) is 0 Å². The van der Waals surface area contributed by atoms with Gasteiger partial charge < -0.3 is 0 Å². The fourth-order valence-corrected chi connectivity index (χ4v) is 1.87. The van der Waals surface area contributed by atoms with E-state index in [0.29, 0.717) is 6.54 Å². The van der Waals surface area contributed by atoms with E-state index in [1.807, 2.05) is 11.7 Å². The van der Waals surface area contributed by atoms with Gasteiger partial charge >= 0.3 is 0 Å². The molecule has 1 aromatic rings. The lowest BCUT2D eigenvalue weighted by Gasteiger charge is -2.32. The third kappa shape index (κ3) is 2.56. The van der Waals surface area contributed by atoms with Crippen LogP contribution in [0.15, 0.2) is 6.33 Å². The Bertz CT molecular complexity index is 371. The molecule has 0 amide bonds. The van der Waals surface area contributed by atoms with E-state index in [1.165, 1.54) is 0 Å². The number of aromatic nitrogens is 3. The van der Waals surface area contributed by atoms with Crippen LogP contribution in [-0.2, 0) is 13.6 Å². The Morgan fingerprint density at radius 3 is 2.56 bits per heavy atom. The molecule has 0 atom stereocenters. The maximum absolute atomic E-state index is 8.60. The van der Waals surface area contributed by atoms with Crippen LogP contribution in [0.3, 0.4) is 0 Å². The molecule has 6 nitrogen and oxygen atoms in total. The average Bonchev–Trinajstić information content (AvgIpc) is 2.68. The van der Waals surface area contributed by atoms with Crippen LogP contribution in [0.1, 0.15) is 5.82 Å². The summed E-state index contributed by atoms with van der Waals surface area (Å²) in [6.07, 6.45) is 1.58. The molecular formula is C10H16N6. The maximum Gasteiger partial charge on any atom is 0.140 e. The molecule has 0 saturated carbocycles. The first-order valence-electron chi connectivity index (χ1n) is 5.44. The molecule has 1 aromatic heterocycles. The van der Waals surface area contributed by atoms with Crippen LogP contribution in [-0.4, -0.2) is 57.3 Å². The highest BCUT2D eigenvalue weighted by Gasteiger charge is 2.17. The number of hydrogen-bond acceptors (Lipinski definition) is 5. The minimum atomic E-state index is 0.539. The molecule has 1 saturated heterocycles. The standard InChI is InChI=1S/C10H16N6/c1-14-10(12-9-13-14)8-16-6-4-15(3-2-11)5-7-16/h9H,3-8H2,1H3. The summed E-state index contributed by atoms with van der Waals surface area (Å²) >= 11 is 0. The van der Waals surface area contributed by atoms with Crippen molar-refractivity contribution in [1.82, 2.24) is 24.6 Å². The number of nitrogens with zero attached hydrogens (tertiary/aromatic N) is 6. The number of aryl methyl sites for hydroxylation is 1. The summed E-state index contributed by atoms with van der Waals surface area (Å²) in [4.78, 5) is 8.73. The van der Waals surface area contributed by atoms with Crippen molar-refractivity contribution in [1.29, 1.82) is 5.26 Å². The van der Waals surface area contributed by atoms with Crippen LogP contribution in [0.5, 0.6) is 0 Å². The molecule has 0 bridgehead atoms. The molecule has 2 heterocycles. The molecule has 86 valence electrons. The van der Waals surface area contributed by atoms with Crippen LogP contribution >= 0.6 is 0 Å². The first kappa shape index (κ1) is 11.0. The molecule has 0 spiro atoms. The molecule has 16 heavy (non-hydrogen) atoms. The van der Waals surface area contributed by atoms with Crippen molar-refractivity contribution < 1.29 is 0 Å². The van der Waals surface area contributed by atoms with Crippen LogP contribution in [0, 0.1) is 11.3 Å². The maximum atomic E-state index is 8.60. The Labute approximate surface area is 95.1 Å². The van der Waals surface area contributed by atoms with Crippen LogP contribution < -0.4 is 0 Å². The van der Waals surface area contributed by atoms with Gasteiger partial charge in [0.2, 0.25) is 0 Å². The van der Waals surface area contributed by atoms with Gasteiger partial charge in [-0.15, -0.1) is 0 Å². The second-order valence-corrected chi connectivity index (χ2v) is 4.01. The van der Waals surface area contributed by atoms with Crippen LogP contribution in [0.25, 0.3) is 0 Å². The largest absolute Gasteiger partial charge is 0.293 e. The second-order valence-electron chi connectivity index (χ2n) is 4.01. The molecule has 0 N–H and O–H groups in total. The molecular weight excluding hydrogens is 204 g/mol. The van der Waals surface area contributed by atoms with Crippen molar-refractivity contribution in [2.75, 3.05) is 32.7 Å². The third-order valence-corrected chi connectivity index (χ3v) is 2.93. The van der Waals surface area contributed by atoms with E-state index >= 15 is 0 Å². The lowest BCUT2D eigenvalue weighted by Crippen LogP contribution is -2.46. The number of hydrogen-bond donors (Lipinski definition) is 0. The van der Waals surface area contributed by atoms with Crippen molar-refractivity contribution in [2.45, 2.75) is 6.54 Å². The Morgan fingerprint density at radius 1 is 1.31 bits per heavy atom. The topological polar surface area (TPSA) is 61.0 Å². The van der Waals surface area contributed by atoms with Crippen molar-refractivity contribution >= 4 is 0 Å². The van der Waals surface area contributed by atoms with Crippen molar-refractivity contribution in [2.24, 2.45) is 7.05 Å². The van der Waals surface area contributed by atoms with Gasteiger partial charge in [0.05, 0.1) is 19.2 Å². The highest BCUT2D eigenvalue weighted by molar-refractivity contribution is 4.86. The lowest BCUT2D eigenvalue weighted by atomic mass is 10.3. The Hall–Kier alpha value is -1.45. The zero-order chi connectivity index (χ0) is 11.4. The highest BCUT2D eigenvalue weighted by Crippen LogP contribution is 2.05. The van der Waals surface area contributed by atoms with Gasteiger partial charge in [0.25, 0.3) is 0 Å². The minimum Gasteiger partial charge on any atom is -0.293 e. The monoisotopic (exact) mass is 220 g/mol. The molecule has 1 aliphatic heterocycles. The molecule has 1 aliphatic rings. The Morgan fingerprint density at radius 2 is 2.00 bits per heavy atom. The van der Waals surface area contributed by atoms with Gasteiger partial charge in [-0.3, -0.25) is 14.5 Å². The highest BCUT2D eigenvalue weighted by atomic mass is 15.3. The summed E-state index contributed by atoms with van der Waals surface area (Å²) in [7, 11) is 1.91. The Balaban J connectivity index is 1.82. The van der Waals surface area contributed by atoms with E-state index in [0.717, 1.165) is 38.5 Å². The van der Waals surface area contributed by atoms with Gasteiger partial charge in [-0.05, 0) is 0 Å². The summed E-state index contributed by atoms with van der Waals surface area (Å²) in [5.41, 5.74) is 0. The molecule has 0 aliphatic carbocycles. The SMILES string of the molecule is Cn1ncnc1CN1CCN(CC#N)CC1. The van der Waals surface area contributed by atoms with Crippen LogP contribution in [0.2, 0.25) is 0 Å². The quantitative estimate of drug-likeness (QED) is 0.640. The van der Waals surface area contributed by atoms with Gasteiger partial charge in [0.1, 0.15) is 12.2 Å². The molecule has 2 rings (SSSR count). The lowest BCUT2D eigenvalue weighted by molar-refractivity contribution is 0.134. The summed E-state index contributed by atoms with van der Waals surface area (Å²) < 4.78 is 1.81. The smallest absolute Gasteiger partial charge is 0.140 e.